The first-order chi connectivity index (χ1) is 18.7. The molecule has 1 fully saturated rings. The van der Waals surface area contributed by atoms with Gasteiger partial charge in [-0.1, -0.05) is 60.1 Å². The SMILES string of the molecule is O=C(CN1CCn2cccc2C1c1ccccc1Cl)N1CCN(C(Cc2ccccc2)C2=COCO2)CC1. The molecular formula is C30H33ClN4O3. The highest BCUT2D eigenvalue weighted by atomic mass is 35.5. The molecule has 1 saturated heterocycles. The molecule has 38 heavy (non-hydrogen) atoms. The minimum atomic E-state index is -0.0422. The molecule has 7 nitrogen and oxygen atoms in total. The molecule has 3 aromatic rings. The van der Waals surface area contributed by atoms with E-state index in [1.807, 2.05) is 29.2 Å². The van der Waals surface area contributed by atoms with E-state index in [4.69, 9.17) is 21.1 Å². The van der Waals surface area contributed by atoms with E-state index in [1.54, 1.807) is 6.26 Å². The fourth-order valence-corrected chi connectivity index (χ4v) is 6.12. The summed E-state index contributed by atoms with van der Waals surface area (Å²) in [6.07, 6.45) is 4.70. The average Bonchev–Trinajstić information content (AvgIpc) is 3.66. The van der Waals surface area contributed by atoms with Crippen molar-refractivity contribution in [2.24, 2.45) is 0 Å². The van der Waals surface area contributed by atoms with E-state index < -0.39 is 0 Å². The number of piperazine rings is 1. The summed E-state index contributed by atoms with van der Waals surface area (Å²) in [5.41, 5.74) is 3.48. The molecule has 0 radical (unpaired) electrons. The smallest absolute Gasteiger partial charge is 0.236 e. The molecule has 0 spiro atoms. The van der Waals surface area contributed by atoms with Crippen molar-refractivity contribution in [2.75, 3.05) is 46.1 Å². The van der Waals surface area contributed by atoms with Gasteiger partial charge >= 0.3 is 0 Å². The minimum Gasteiger partial charge on any atom is -0.462 e. The van der Waals surface area contributed by atoms with Crippen molar-refractivity contribution in [2.45, 2.75) is 25.0 Å². The third-order valence-corrected chi connectivity index (χ3v) is 8.22. The highest BCUT2D eigenvalue weighted by Gasteiger charge is 2.34. The normalized spacial score (nSPS) is 20.8. The zero-order chi connectivity index (χ0) is 25.9. The summed E-state index contributed by atoms with van der Waals surface area (Å²) >= 11 is 6.64. The van der Waals surface area contributed by atoms with Crippen LogP contribution in [0, 0.1) is 0 Å². The predicted molar refractivity (Wildman–Crippen MR) is 147 cm³/mol. The maximum atomic E-state index is 13.6. The number of amides is 1. The Morgan fingerprint density at radius 3 is 2.47 bits per heavy atom. The Hall–Kier alpha value is -3.26. The number of halogens is 1. The summed E-state index contributed by atoms with van der Waals surface area (Å²) in [6.45, 7) is 5.28. The molecule has 4 heterocycles. The molecule has 1 aromatic heterocycles. The summed E-state index contributed by atoms with van der Waals surface area (Å²) in [7, 11) is 0. The van der Waals surface area contributed by atoms with E-state index in [-0.39, 0.29) is 24.8 Å². The third kappa shape index (κ3) is 5.19. The van der Waals surface area contributed by atoms with Gasteiger partial charge in [0, 0.05) is 56.2 Å². The van der Waals surface area contributed by atoms with Gasteiger partial charge in [0.25, 0.3) is 0 Å². The molecule has 1 amide bonds. The molecule has 0 aliphatic carbocycles. The van der Waals surface area contributed by atoms with Crippen LogP contribution in [0.5, 0.6) is 0 Å². The van der Waals surface area contributed by atoms with Gasteiger partial charge in [-0.05, 0) is 35.7 Å². The van der Waals surface area contributed by atoms with E-state index >= 15 is 0 Å². The maximum absolute atomic E-state index is 13.6. The minimum absolute atomic E-state index is 0.0422. The second kappa shape index (κ2) is 11.2. The van der Waals surface area contributed by atoms with Gasteiger partial charge in [-0.2, -0.15) is 0 Å². The van der Waals surface area contributed by atoms with Crippen molar-refractivity contribution in [1.29, 1.82) is 0 Å². The monoisotopic (exact) mass is 532 g/mol. The number of hydrogen-bond acceptors (Lipinski definition) is 5. The molecule has 2 unspecified atom stereocenters. The summed E-state index contributed by atoms with van der Waals surface area (Å²) in [5.74, 6) is 1.04. The first kappa shape index (κ1) is 25.0. The van der Waals surface area contributed by atoms with Crippen LogP contribution in [-0.4, -0.2) is 77.3 Å². The first-order valence-corrected chi connectivity index (χ1v) is 13.7. The summed E-state index contributed by atoms with van der Waals surface area (Å²) < 4.78 is 13.5. The number of carbonyl (C=O) groups is 1. The Labute approximate surface area is 228 Å². The van der Waals surface area contributed by atoms with Gasteiger partial charge in [-0.3, -0.25) is 14.6 Å². The molecule has 3 aliphatic rings. The highest BCUT2D eigenvalue weighted by molar-refractivity contribution is 6.31. The van der Waals surface area contributed by atoms with Gasteiger partial charge < -0.3 is 18.9 Å². The number of nitrogens with zero attached hydrogens (tertiary/aromatic N) is 4. The van der Waals surface area contributed by atoms with Gasteiger partial charge in [0.05, 0.1) is 18.6 Å². The van der Waals surface area contributed by atoms with Crippen LogP contribution in [0.3, 0.4) is 0 Å². The lowest BCUT2D eigenvalue weighted by Gasteiger charge is -2.41. The van der Waals surface area contributed by atoms with E-state index in [0.29, 0.717) is 19.6 Å². The molecule has 2 aromatic carbocycles. The third-order valence-electron chi connectivity index (χ3n) is 7.88. The van der Waals surface area contributed by atoms with Crippen LogP contribution in [0.1, 0.15) is 22.9 Å². The lowest BCUT2D eigenvalue weighted by molar-refractivity contribution is -0.135. The Balaban J connectivity index is 1.13. The maximum Gasteiger partial charge on any atom is 0.236 e. The van der Waals surface area contributed by atoms with Crippen molar-refractivity contribution in [3.8, 4) is 0 Å². The first-order valence-electron chi connectivity index (χ1n) is 13.3. The number of carbonyl (C=O) groups excluding carboxylic acids is 1. The number of benzene rings is 2. The molecule has 0 saturated carbocycles. The molecule has 6 rings (SSSR count). The zero-order valence-corrected chi connectivity index (χ0v) is 22.2. The van der Waals surface area contributed by atoms with Gasteiger partial charge in [0.1, 0.15) is 6.26 Å². The van der Waals surface area contributed by atoms with Crippen molar-refractivity contribution in [3.05, 3.63) is 107 Å². The number of hydrogen-bond donors (Lipinski definition) is 0. The second-order valence-corrected chi connectivity index (χ2v) is 10.5. The van der Waals surface area contributed by atoms with Crippen LogP contribution in [0.15, 0.2) is 84.9 Å². The number of fused-ring (bicyclic) bond motifs is 1. The predicted octanol–water partition coefficient (Wildman–Crippen LogP) is 4.15. The lowest BCUT2D eigenvalue weighted by Crippen LogP contribution is -2.55. The van der Waals surface area contributed by atoms with E-state index in [1.165, 1.54) is 11.3 Å². The van der Waals surface area contributed by atoms with Crippen LogP contribution in [0.2, 0.25) is 5.02 Å². The van der Waals surface area contributed by atoms with Crippen LogP contribution in [-0.2, 0) is 27.2 Å². The van der Waals surface area contributed by atoms with Crippen molar-refractivity contribution in [1.82, 2.24) is 19.3 Å². The van der Waals surface area contributed by atoms with Crippen molar-refractivity contribution >= 4 is 17.5 Å². The van der Waals surface area contributed by atoms with E-state index in [2.05, 4.69) is 63.0 Å². The summed E-state index contributed by atoms with van der Waals surface area (Å²) in [4.78, 5) is 20.3. The van der Waals surface area contributed by atoms with Crippen LogP contribution < -0.4 is 0 Å². The zero-order valence-electron chi connectivity index (χ0n) is 21.4. The van der Waals surface area contributed by atoms with Crippen LogP contribution >= 0.6 is 11.6 Å². The second-order valence-electron chi connectivity index (χ2n) is 10.1. The van der Waals surface area contributed by atoms with Crippen LogP contribution in [0.25, 0.3) is 0 Å². The van der Waals surface area contributed by atoms with Crippen molar-refractivity contribution in [3.63, 3.8) is 0 Å². The van der Waals surface area contributed by atoms with E-state index in [9.17, 15) is 4.79 Å². The molecule has 3 aliphatic heterocycles. The van der Waals surface area contributed by atoms with Crippen molar-refractivity contribution < 1.29 is 14.3 Å². The summed E-state index contributed by atoms with van der Waals surface area (Å²) in [5, 5.41) is 0.732. The Bertz CT molecular complexity index is 1290. The topological polar surface area (TPSA) is 50.2 Å². The fourth-order valence-electron chi connectivity index (χ4n) is 5.89. The van der Waals surface area contributed by atoms with Gasteiger partial charge in [-0.15, -0.1) is 0 Å². The highest BCUT2D eigenvalue weighted by Crippen LogP contribution is 2.36. The standard InChI is InChI=1S/C30H33ClN4O3/c31-25-10-5-4-9-24(25)30-26-11-6-12-32(26)15-18-35(30)20-29(36)34-16-13-33(14-17-34)27(28-21-37-22-38-28)19-23-7-2-1-3-8-23/h1-12,21,27,30H,13-20,22H2. The molecule has 2 atom stereocenters. The number of rotatable bonds is 7. The Morgan fingerprint density at radius 2 is 1.71 bits per heavy atom. The number of ether oxygens (including phenoxy) is 2. The quantitative estimate of drug-likeness (QED) is 0.457. The fraction of sp³-hybridized carbons (Fsp3) is 0.367. The van der Waals surface area contributed by atoms with Gasteiger partial charge in [-0.25, -0.2) is 0 Å². The Morgan fingerprint density at radius 1 is 0.921 bits per heavy atom. The molecule has 8 heteroatoms. The van der Waals surface area contributed by atoms with E-state index in [0.717, 1.165) is 48.9 Å². The molecule has 198 valence electrons. The summed E-state index contributed by atoms with van der Waals surface area (Å²) in [6, 6.07) is 22.7. The van der Waals surface area contributed by atoms with Crippen LogP contribution in [0.4, 0.5) is 0 Å². The van der Waals surface area contributed by atoms with Gasteiger partial charge in [0.15, 0.2) is 5.76 Å². The molecule has 0 N–H and O–H groups in total. The lowest BCUT2D eigenvalue weighted by atomic mass is 9.99. The van der Waals surface area contributed by atoms with Gasteiger partial charge in [0.2, 0.25) is 12.7 Å². The average molecular weight is 533 g/mol. The molecular weight excluding hydrogens is 500 g/mol. The number of aromatic nitrogens is 1. The largest absolute Gasteiger partial charge is 0.462 e. The molecule has 0 bridgehead atoms. The Kier molecular flexibility index (Phi) is 7.40.